The van der Waals surface area contributed by atoms with Crippen LogP contribution in [0.1, 0.15) is 0 Å². The van der Waals surface area contributed by atoms with Crippen LogP contribution in [-0.2, 0) is 9.72 Å². The second kappa shape index (κ2) is 2.36. The number of pyridine rings is 1. The highest BCUT2D eigenvalue weighted by Crippen LogP contribution is 2.38. The molecule has 1 aliphatic heterocycles. The summed E-state index contributed by atoms with van der Waals surface area (Å²) >= 11 is 0. The van der Waals surface area contributed by atoms with Crippen molar-refractivity contribution in [2.24, 2.45) is 4.36 Å². The highest BCUT2D eigenvalue weighted by atomic mass is 33.1. The molecule has 0 saturated heterocycles. The maximum Gasteiger partial charge on any atom is 0.104 e. The van der Waals surface area contributed by atoms with E-state index in [4.69, 9.17) is 0 Å². The summed E-state index contributed by atoms with van der Waals surface area (Å²) in [7, 11) is 1.94. The van der Waals surface area contributed by atoms with Gasteiger partial charge in [-0.1, -0.05) is 0 Å². The van der Waals surface area contributed by atoms with E-state index in [9.17, 15) is 0 Å². The van der Waals surface area contributed by atoms with Crippen molar-refractivity contribution in [2.75, 3.05) is 6.26 Å². The molecule has 0 saturated carbocycles. The van der Waals surface area contributed by atoms with Crippen LogP contribution in [0.15, 0.2) is 27.7 Å². The lowest BCUT2D eigenvalue weighted by molar-refractivity contribution is 1.25. The minimum atomic E-state index is 0.132. The molecule has 0 amide bonds. The van der Waals surface area contributed by atoms with Gasteiger partial charge in [0.05, 0.1) is 6.20 Å². The van der Waals surface area contributed by atoms with E-state index in [-0.39, 0.29) is 9.72 Å². The lowest BCUT2D eigenvalue weighted by Gasteiger charge is -1.89. The minimum Gasteiger partial charge on any atom is -0.262 e. The molecule has 0 aromatic carbocycles. The first-order chi connectivity index (χ1) is 4.86. The van der Waals surface area contributed by atoms with Gasteiger partial charge >= 0.3 is 0 Å². The Labute approximate surface area is 65.6 Å². The van der Waals surface area contributed by atoms with Crippen LogP contribution in [-0.4, -0.2) is 11.2 Å². The van der Waals surface area contributed by atoms with E-state index in [1.54, 1.807) is 0 Å². The number of aromatic nitrogens is 1. The molecule has 0 N–H and O–H groups in total. The Morgan fingerprint density at radius 1 is 1.60 bits per heavy atom. The summed E-state index contributed by atoms with van der Waals surface area (Å²) in [6.45, 7) is 0. The van der Waals surface area contributed by atoms with Crippen molar-refractivity contribution >= 4 is 26.2 Å². The minimum absolute atomic E-state index is 0.132. The molecule has 2 nitrogen and oxygen atoms in total. The number of fused-ring (bicyclic) bond motifs is 1. The maximum atomic E-state index is 4.38. The lowest BCUT2D eigenvalue weighted by atomic mass is 10.4. The van der Waals surface area contributed by atoms with Crippen molar-refractivity contribution in [1.82, 2.24) is 4.98 Å². The van der Waals surface area contributed by atoms with Crippen molar-refractivity contribution in [3.63, 3.8) is 0 Å². The molecular weight excluding hydrogens is 164 g/mol. The Morgan fingerprint density at radius 2 is 2.50 bits per heavy atom. The molecule has 0 spiro atoms. The Morgan fingerprint density at radius 3 is 3.30 bits per heavy atom. The van der Waals surface area contributed by atoms with Crippen LogP contribution in [0, 0.1) is 0 Å². The summed E-state index contributed by atoms with van der Waals surface area (Å²) in [6.07, 6.45) is 5.74. The Bertz CT molecular complexity index is 296. The summed E-state index contributed by atoms with van der Waals surface area (Å²) in [4.78, 5) is 5.25. The van der Waals surface area contributed by atoms with Crippen LogP contribution in [0.4, 0.5) is 5.69 Å². The largest absolute Gasteiger partial charge is 0.262 e. The third-order valence-electron chi connectivity index (χ3n) is 1.20. The first-order valence-corrected chi connectivity index (χ1v) is 5.79. The molecule has 52 valence electrons. The highest BCUT2D eigenvalue weighted by Gasteiger charge is 2.09. The van der Waals surface area contributed by atoms with Crippen LogP contribution < -0.4 is 0 Å². The molecule has 2 rings (SSSR count). The van der Waals surface area contributed by atoms with Gasteiger partial charge in [-0.15, -0.1) is 0 Å². The Hall–Kier alpha value is -0.350. The zero-order valence-electron chi connectivity index (χ0n) is 5.44. The van der Waals surface area contributed by atoms with E-state index < -0.39 is 0 Å². The normalized spacial score (nSPS) is 21.9. The average molecular weight is 170 g/mol. The van der Waals surface area contributed by atoms with Gasteiger partial charge in [0.25, 0.3) is 0 Å². The number of hydrogen-bond donors (Lipinski definition) is 0. The smallest absolute Gasteiger partial charge is 0.104 e. The molecule has 0 radical (unpaired) electrons. The zero-order valence-corrected chi connectivity index (χ0v) is 7.08. The van der Waals surface area contributed by atoms with Crippen LogP contribution in [0.5, 0.6) is 0 Å². The number of hydrogen-bond acceptors (Lipinski definition) is 3. The molecule has 1 aromatic rings. The Balaban J connectivity index is 2.54. The van der Waals surface area contributed by atoms with Gasteiger partial charge in [-0.05, 0) is 26.6 Å². The second-order valence-corrected chi connectivity index (χ2v) is 5.53. The molecule has 1 aromatic heterocycles. The first-order valence-electron chi connectivity index (χ1n) is 2.86. The number of nitrogens with zero attached hydrogens (tertiary/aromatic N) is 2. The molecule has 10 heavy (non-hydrogen) atoms. The zero-order chi connectivity index (χ0) is 6.97. The standard InChI is InChI=1S/C6H6N2S2/c1-10-8-5-4-7-3-2-6(5)9-10/h2-4H,1H3. The van der Waals surface area contributed by atoms with Crippen molar-refractivity contribution in [1.29, 1.82) is 0 Å². The molecule has 1 atom stereocenters. The van der Waals surface area contributed by atoms with Crippen molar-refractivity contribution in [3.8, 4) is 0 Å². The van der Waals surface area contributed by atoms with Crippen LogP contribution in [0.2, 0.25) is 0 Å². The molecule has 1 aliphatic rings. The van der Waals surface area contributed by atoms with Gasteiger partial charge in [-0.2, -0.15) is 0 Å². The predicted molar refractivity (Wildman–Crippen MR) is 45.5 cm³/mol. The summed E-state index contributed by atoms with van der Waals surface area (Å²) in [5.41, 5.74) is 1.05. The molecule has 4 heteroatoms. The quantitative estimate of drug-likeness (QED) is 0.557. The Kier molecular flexibility index (Phi) is 1.50. The van der Waals surface area contributed by atoms with Crippen LogP contribution in [0.3, 0.4) is 0 Å². The summed E-state index contributed by atoms with van der Waals surface area (Å²) < 4.78 is 4.38. The fraction of sp³-hybridized carbons (Fsp3) is 0.167. The van der Waals surface area contributed by atoms with E-state index >= 15 is 0 Å². The van der Waals surface area contributed by atoms with E-state index in [0.717, 1.165) is 5.69 Å². The fourth-order valence-corrected chi connectivity index (χ4v) is 3.43. The van der Waals surface area contributed by atoms with Gasteiger partial charge < -0.3 is 0 Å². The second-order valence-electron chi connectivity index (χ2n) is 1.94. The van der Waals surface area contributed by atoms with Crippen molar-refractivity contribution in [2.45, 2.75) is 4.90 Å². The van der Waals surface area contributed by atoms with Gasteiger partial charge in [0.2, 0.25) is 0 Å². The summed E-state index contributed by atoms with van der Waals surface area (Å²) in [6, 6.07) is 2.01. The van der Waals surface area contributed by atoms with Gasteiger partial charge in [0.1, 0.15) is 5.69 Å². The molecule has 0 fully saturated rings. The molecule has 2 heterocycles. The molecule has 1 unspecified atom stereocenters. The monoisotopic (exact) mass is 170 g/mol. The van der Waals surface area contributed by atoms with Gasteiger partial charge in [0.15, 0.2) is 0 Å². The molecule has 0 aliphatic carbocycles. The third-order valence-corrected chi connectivity index (χ3v) is 3.90. The third kappa shape index (κ3) is 0.973. The number of rotatable bonds is 0. The average Bonchev–Trinajstić information content (AvgIpc) is 2.27. The fourth-order valence-electron chi connectivity index (χ4n) is 0.799. The van der Waals surface area contributed by atoms with Crippen molar-refractivity contribution in [3.05, 3.63) is 18.5 Å². The van der Waals surface area contributed by atoms with E-state index in [0.29, 0.717) is 0 Å². The van der Waals surface area contributed by atoms with Crippen molar-refractivity contribution < 1.29 is 0 Å². The van der Waals surface area contributed by atoms with Crippen LogP contribution in [0.25, 0.3) is 0 Å². The summed E-state index contributed by atoms with van der Waals surface area (Å²) in [5, 5.41) is 0. The first kappa shape index (κ1) is 6.37. The predicted octanol–water partition coefficient (Wildman–Crippen LogP) is 2.17. The van der Waals surface area contributed by atoms with E-state index in [1.165, 1.54) is 4.90 Å². The molecular formula is C6H6N2S2. The lowest BCUT2D eigenvalue weighted by Crippen LogP contribution is -1.68. The maximum absolute atomic E-state index is 4.38. The SMILES string of the molecule is CS1=Nc2cnccc2S1. The van der Waals surface area contributed by atoms with Gasteiger partial charge in [-0.25, -0.2) is 4.36 Å². The summed E-state index contributed by atoms with van der Waals surface area (Å²) in [5.74, 6) is 0. The highest BCUT2D eigenvalue weighted by molar-refractivity contribution is 8.70. The topological polar surface area (TPSA) is 25.2 Å². The van der Waals surface area contributed by atoms with Crippen LogP contribution >= 0.6 is 10.8 Å². The van der Waals surface area contributed by atoms with E-state index in [2.05, 4.69) is 15.6 Å². The molecule has 0 bridgehead atoms. The van der Waals surface area contributed by atoms with Gasteiger partial charge in [-0.3, -0.25) is 4.98 Å². The van der Waals surface area contributed by atoms with Gasteiger partial charge in [0, 0.05) is 17.3 Å². The van der Waals surface area contributed by atoms with E-state index in [1.807, 2.05) is 29.3 Å².